The van der Waals surface area contributed by atoms with Gasteiger partial charge in [-0.2, -0.15) is 0 Å². The normalized spacial score (nSPS) is 19.0. The van der Waals surface area contributed by atoms with Crippen molar-refractivity contribution in [1.82, 2.24) is 19.8 Å². The lowest BCUT2D eigenvalue weighted by molar-refractivity contribution is -0.157. The average Bonchev–Trinajstić information content (AvgIpc) is 2.93. The molecule has 5 rings (SSSR count). The Morgan fingerprint density at radius 2 is 1.98 bits per heavy atom. The summed E-state index contributed by atoms with van der Waals surface area (Å²) in [4.78, 5) is 25.2. The first-order valence-electron chi connectivity index (χ1n) is 13.7. The van der Waals surface area contributed by atoms with E-state index in [1.54, 1.807) is 13.2 Å². The van der Waals surface area contributed by atoms with E-state index in [-0.39, 0.29) is 17.1 Å². The second-order valence-corrected chi connectivity index (χ2v) is 10.9. The number of piperidine rings is 1. The quantitative estimate of drug-likeness (QED) is 0.269. The molecule has 2 fully saturated rings. The maximum absolute atomic E-state index is 13.6. The van der Waals surface area contributed by atoms with Crippen molar-refractivity contribution in [3.05, 3.63) is 47.5 Å². The lowest BCUT2D eigenvalue weighted by atomic mass is 9.95. The Morgan fingerprint density at radius 1 is 1.15 bits per heavy atom. The van der Waals surface area contributed by atoms with Crippen LogP contribution in [0.1, 0.15) is 26.2 Å². The highest BCUT2D eigenvalue weighted by Crippen LogP contribution is 2.35. The molecule has 2 aromatic carbocycles. The minimum atomic E-state index is -0.482. The summed E-state index contributed by atoms with van der Waals surface area (Å²) in [7, 11) is 1.60. The first-order valence-corrected chi connectivity index (χ1v) is 14.1. The molecule has 11 heteroatoms. The zero-order chi connectivity index (χ0) is 28.1. The summed E-state index contributed by atoms with van der Waals surface area (Å²) in [5, 5.41) is 3.97. The fourth-order valence-electron chi connectivity index (χ4n) is 5.42. The Morgan fingerprint density at radius 3 is 2.73 bits per heavy atom. The Kier molecular flexibility index (Phi) is 9.18. The van der Waals surface area contributed by atoms with Crippen LogP contribution in [0.3, 0.4) is 0 Å². The van der Waals surface area contributed by atoms with E-state index < -0.39 is 5.82 Å². The summed E-state index contributed by atoms with van der Waals surface area (Å²) in [6.07, 6.45) is 4.58. The van der Waals surface area contributed by atoms with Gasteiger partial charge in [-0.15, -0.1) is 0 Å². The largest absolute Gasteiger partial charge is 0.493 e. The van der Waals surface area contributed by atoms with Crippen molar-refractivity contribution in [1.29, 1.82) is 0 Å². The number of aromatic nitrogens is 2. The summed E-state index contributed by atoms with van der Waals surface area (Å²) in [6, 6.07) is 8.11. The first kappa shape index (κ1) is 28.3. The zero-order valence-electron chi connectivity index (χ0n) is 22.9. The highest BCUT2D eigenvalue weighted by atomic mass is 35.5. The third kappa shape index (κ3) is 7.10. The van der Waals surface area contributed by atoms with E-state index in [9.17, 15) is 9.18 Å². The van der Waals surface area contributed by atoms with E-state index >= 15 is 0 Å². The number of hydrogen-bond acceptors (Lipinski definition) is 9. The van der Waals surface area contributed by atoms with Gasteiger partial charge in [-0.3, -0.25) is 9.69 Å². The van der Waals surface area contributed by atoms with E-state index in [1.165, 1.54) is 18.5 Å². The number of likely N-dealkylation sites (tertiary alicyclic amines) is 1. The van der Waals surface area contributed by atoms with Crippen molar-refractivity contribution in [2.45, 2.75) is 32.3 Å². The van der Waals surface area contributed by atoms with Crippen LogP contribution in [0.25, 0.3) is 10.9 Å². The van der Waals surface area contributed by atoms with Crippen LogP contribution in [0.2, 0.25) is 5.02 Å². The Bertz CT molecular complexity index is 1340. The number of carbonyl (C=O) groups is 1. The van der Waals surface area contributed by atoms with Crippen molar-refractivity contribution >= 4 is 40.0 Å². The van der Waals surface area contributed by atoms with Crippen LogP contribution >= 0.6 is 11.6 Å². The predicted octanol–water partition coefficient (Wildman–Crippen LogP) is 4.90. The summed E-state index contributed by atoms with van der Waals surface area (Å²) >= 11 is 5.94. The Hall–Kier alpha value is -3.21. The molecule has 2 aliphatic heterocycles. The van der Waals surface area contributed by atoms with E-state index in [0.717, 1.165) is 57.4 Å². The van der Waals surface area contributed by atoms with Crippen LogP contribution in [0, 0.1) is 11.7 Å². The van der Waals surface area contributed by atoms with Gasteiger partial charge in [-0.1, -0.05) is 11.6 Å². The highest BCUT2D eigenvalue weighted by molar-refractivity contribution is 6.31. The molecule has 40 heavy (non-hydrogen) atoms. The monoisotopic (exact) mass is 571 g/mol. The van der Waals surface area contributed by atoms with Gasteiger partial charge in [0.2, 0.25) is 0 Å². The third-order valence-electron chi connectivity index (χ3n) is 7.40. The molecule has 2 aliphatic rings. The Balaban J connectivity index is 1.13. The molecule has 0 aliphatic carbocycles. The molecule has 1 unspecified atom stereocenters. The van der Waals surface area contributed by atoms with Gasteiger partial charge in [-0.05, 0) is 69.5 Å². The predicted molar refractivity (Wildman–Crippen MR) is 152 cm³/mol. The lowest BCUT2D eigenvalue weighted by Crippen LogP contribution is -2.47. The summed E-state index contributed by atoms with van der Waals surface area (Å²) in [5.74, 6) is 1.78. The van der Waals surface area contributed by atoms with Gasteiger partial charge in [0, 0.05) is 36.8 Å². The highest BCUT2D eigenvalue weighted by Gasteiger charge is 2.27. The average molecular weight is 572 g/mol. The summed E-state index contributed by atoms with van der Waals surface area (Å²) in [5.41, 5.74) is 1.30. The van der Waals surface area contributed by atoms with E-state index in [2.05, 4.69) is 25.1 Å². The van der Waals surface area contributed by atoms with E-state index in [4.69, 9.17) is 25.8 Å². The number of fused-ring (bicyclic) bond motifs is 1. The number of methoxy groups -OCH3 is 1. The number of morpholine rings is 1. The van der Waals surface area contributed by atoms with Gasteiger partial charge in [0.15, 0.2) is 11.5 Å². The number of hydrogen-bond donors (Lipinski definition) is 1. The molecule has 1 aromatic heterocycles. The maximum atomic E-state index is 13.6. The topological polar surface area (TPSA) is 89.1 Å². The molecule has 0 bridgehead atoms. The zero-order valence-corrected chi connectivity index (χ0v) is 23.6. The maximum Gasteiger partial charge on any atom is 0.320 e. The number of carbonyl (C=O) groups excluding carboxylic acids is 1. The van der Waals surface area contributed by atoms with Gasteiger partial charge >= 0.3 is 5.97 Å². The second kappa shape index (κ2) is 13.0. The number of nitrogens with zero attached hydrogens (tertiary/aromatic N) is 4. The molecule has 2 saturated heterocycles. The molecule has 1 N–H and O–H groups in total. The lowest BCUT2D eigenvalue weighted by Gasteiger charge is -2.37. The number of benzene rings is 2. The molecule has 214 valence electrons. The molecule has 3 heterocycles. The number of nitrogens with one attached hydrogen (secondary N) is 1. The van der Waals surface area contributed by atoms with Crippen molar-refractivity contribution in [3.8, 4) is 11.5 Å². The smallest absolute Gasteiger partial charge is 0.320 e. The summed E-state index contributed by atoms with van der Waals surface area (Å²) < 4.78 is 30.6. The molecule has 0 spiro atoms. The second-order valence-electron chi connectivity index (χ2n) is 10.5. The fraction of sp³-hybridized carbons (Fsp3) is 0.483. The number of halogens is 2. The molecule has 0 saturated carbocycles. The molecule has 3 aromatic rings. The molecule has 1 atom stereocenters. The SMILES string of the molecule is COc1cc2ncnc(Nc3ccc(F)c(Cl)c3)c2cc1OCCCN1CCC(CN2CC(=O)OC(C)C2)CC1. The number of cyclic esters (lactones) is 1. The minimum Gasteiger partial charge on any atom is -0.493 e. The van der Waals surface area contributed by atoms with Crippen LogP contribution < -0.4 is 14.8 Å². The van der Waals surface area contributed by atoms with Gasteiger partial charge in [0.1, 0.15) is 24.1 Å². The van der Waals surface area contributed by atoms with Gasteiger partial charge in [0.05, 0.1) is 30.8 Å². The Labute approximate surface area is 238 Å². The van der Waals surface area contributed by atoms with Gasteiger partial charge in [0.25, 0.3) is 0 Å². The summed E-state index contributed by atoms with van der Waals surface area (Å²) in [6.45, 7) is 7.75. The van der Waals surface area contributed by atoms with Crippen molar-refractivity contribution < 1.29 is 23.4 Å². The van der Waals surface area contributed by atoms with Gasteiger partial charge in [-0.25, -0.2) is 14.4 Å². The van der Waals surface area contributed by atoms with Crippen LogP contribution in [-0.2, 0) is 9.53 Å². The molecule has 9 nitrogen and oxygen atoms in total. The third-order valence-corrected chi connectivity index (χ3v) is 7.69. The number of anilines is 2. The molecular weight excluding hydrogens is 537 g/mol. The number of ether oxygens (including phenoxy) is 3. The number of rotatable bonds is 10. The standard InChI is InChI=1S/C29H35ClFN5O4/c1-19-15-36(17-28(37)40-19)16-20-6-9-35(10-7-20)8-3-11-39-27-13-22-25(14-26(27)38-2)32-18-33-29(22)34-21-4-5-24(31)23(30)12-21/h4-5,12-14,18-20H,3,6-11,15-17H2,1-2H3,(H,32,33,34). The van der Waals surface area contributed by atoms with E-state index in [1.807, 2.05) is 19.1 Å². The van der Waals surface area contributed by atoms with Crippen molar-refractivity contribution in [2.24, 2.45) is 5.92 Å². The van der Waals surface area contributed by atoms with Crippen molar-refractivity contribution in [3.63, 3.8) is 0 Å². The van der Waals surface area contributed by atoms with Crippen LogP contribution in [0.4, 0.5) is 15.9 Å². The van der Waals surface area contributed by atoms with Crippen LogP contribution in [0.5, 0.6) is 11.5 Å². The van der Waals surface area contributed by atoms with E-state index in [0.29, 0.717) is 47.6 Å². The fourth-order valence-corrected chi connectivity index (χ4v) is 5.60. The van der Waals surface area contributed by atoms with Crippen molar-refractivity contribution in [2.75, 3.05) is 58.3 Å². The van der Waals surface area contributed by atoms with Crippen LogP contribution in [0.15, 0.2) is 36.7 Å². The van der Waals surface area contributed by atoms with Crippen LogP contribution in [-0.4, -0.2) is 84.8 Å². The minimum absolute atomic E-state index is 0.0214. The molecular formula is C29H35ClFN5O4. The molecule has 0 amide bonds. The first-order chi connectivity index (χ1) is 19.4. The van der Waals surface area contributed by atoms with Gasteiger partial charge < -0.3 is 24.4 Å². The number of esters is 1. The molecule has 0 radical (unpaired) electrons.